The van der Waals surface area contributed by atoms with Gasteiger partial charge in [-0.2, -0.15) is 13.2 Å². The van der Waals surface area contributed by atoms with Crippen molar-refractivity contribution in [1.82, 2.24) is 0 Å². The van der Waals surface area contributed by atoms with Crippen molar-refractivity contribution < 1.29 is 26.4 Å². The number of rotatable bonds is 4. The third-order valence-corrected chi connectivity index (χ3v) is 6.39. The van der Waals surface area contributed by atoms with E-state index >= 15 is 0 Å². The van der Waals surface area contributed by atoms with Gasteiger partial charge in [0.1, 0.15) is 0 Å². The summed E-state index contributed by atoms with van der Waals surface area (Å²) in [5.41, 5.74) is -1.21. The van der Waals surface area contributed by atoms with Gasteiger partial charge in [0, 0.05) is 10.9 Å². The van der Waals surface area contributed by atoms with Gasteiger partial charge in [-0.3, -0.25) is 4.79 Å². The molecule has 2 atom stereocenters. The molecule has 1 aliphatic rings. The minimum absolute atomic E-state index is 0.0607. The minimum Gasteiger partial charge on any atom is -0.325 e. The Morgan fingerprint density at radius 2 is 1.72 bits per heavy atom. The highest BCUT2D eigenvalue weighted by molar-refractivity contribution is 7.89. The zero-order chi connectivity index (χ0) is 21.8. The van der Waals surface area contributed by atoms with Gasteiger partial charge in [0.15, 0.2) is 0 Å². The summed E-state index contributed by atoms with van der Waals surface area (Å²) in [6, 6.07) is 8.78. The van der Waals surface area contributed by atoms with Crippen LogP contribution in [0.1, 0.15) is 30.9 Å². The highest BCUT2D eigenvalue weighted by Crippen LogP contribution is 2.64. The van der Waals surface area contributed by atoms with Crippen LogP contribution in [0.5, 0.6) is 0 Å². The number of hydrogen-bond acceptors (Lipinski definition) is 3. The Kier molecular flexibility index (Phi) is 5.21. The smallest absolute Gasteiger partial charge is 0.325 e. The molecule has 3 N–H and O–H groups in total. The van der Waals surface area contributed by atoms with Crippen molar-refractivity contribution in [3.63, 3.8) is 0 Å². The third-order valence-electron chi connectivity index (χ3n) is 5.22. The summed E-state index contributed by atoms with van der Waals surface area (Å²) in [4.78, 5) is 12.7. The van der Waals surface area contributed by atoms with Gasteiger partial charge < -0.3 is 5.32 Å². The molecule has 0 aliphatic heterocycles. The maximum atomic E-state index is 13.2. The van der Waals surface area contributed by atoms with Gasteiger partial charge in [0.2, 0.25) is 15.9 Å². The largest absolute Gasteiger partial charge is 0.418 e. The second-order valence-corrected chi connectivity index (χ2v) is 9.57. The second-order valence-electron chi connectivity index (χ2n) is 7.57. The summed E-state index contributed by atoms with van der Waals surface area (Å²) in [5.74, 6) is -1.45. The van der Waals surface area contributed by atoms with Crippen LogP contribution in [-0.4, -0.2) is 14.3 Å². The first-order valence-electron chi connectivity index (χ1n) is 8.53. The normalized spacial score (nSPS) is 20.9. The Hall–Kier alpha value is -2.10. The molecule has 0 bridgehead atoms. The Morgan fingerprint density at radius 3 is 2.24 bits per heavy atom. The first kappa shape index (κ1) is 21.6. The first-order valence-corrected chi connectivity index (χ1v) is 10.5. The van der Waals surface area contributed by atoms with Crippen LogP contribution in [0.15, 0.2) is 47.4 Å². The van der Waals surface area contributed by atoms with Crippen molar-refractivity contribution in [3.05, 3.63) is 58.6 Å². The number of carbonyl (C=O) groups is 1. The van der Waals surface area contributed by atoms with Crippen molar-refractivity contribution in [1.29, 1.82) is 0 Å². The van der Waals surface area contributed by atoms with Gasteiger partial charge in [-0.05, 0) is 41.3 Å². The van der Waals surface area contributed by atoms with Crippen molar-refractivity contribution in [2.45, 2.75) is 30.8 Å². The second kappa shape index (κ2) is 7.00. The molecule has 2 aromatic carbocycles. The fourth-order valence-corrected chi connectivity index (χ4v) is 4.38. The van der Waals surface area contributed by atoms with Gasteiger partial charge in [0.05, 0.1) is 22.1 Å². The van der Waals surface area contributed by atoms with Crippen LogP contribution in [0.2, 0.25) is 5.02 Å². The van der Waals surface area contributed by atoms with Gasteiger partial charge >= 0.3 is 6.18 Å². The van der Waals surface area contributed by atoms with E-state index in [1.54, 1.807) is 12.1 Å². The molecule has 0 saturated heterocycles. The standard InChI is InChI=1S/C19H18ClF3N2O3S/c1-18(2)15(10-3-6-12(7-4-10)29(24,27)28)16(18)17(26)25-14-9-11(20)5-8-13(14)19(21,22)23/h3-9,15-16H,1-2H3,(H,25,26)(H2,24,27,28)/t15-,16+/m1/s1. The quantitative estimate of drug-likeness (QED) is 0.730. The first-order chi connectivity index (χ1) is 13.2. The maximum Gasteiger partial charge on any atom is 0.418 e. The molecule has 3 rings (SSSR count). The van der Waals surface area contributed by atoms with Crippen LogP contribution in [0, 0.1) is 11.3 Å². The number of hydrogen-bond donors (Lipinski definition) is 2. The third kappa shape index (κ3) is 4.26. The molecule has 156 valence electrons. The van der Waals surface area contributed by atoms with E-state index in [0.717, 1.165) is 18.2 Å². The molecule has 1 saturated carbocycles. The molecule has 5 nitrogen and oxygen atoms in total. The molecule has 1 fully saturated rings. The Bertz CT molecular complexity index is 1070. The number of carbonyl (C=O) groups excluding carboxylic acids is 1. The number of amides is 1. The zero-order valence-corrected chi connectivity index (χ0v) is 17.0. The van der Waals surface area contributed by atoms with Crippen molar-refractivity contribution in [2.24, 2.45) is 16.5 Å². The number of anilines is 1. The summed E-state index contributed by atoms with van der Waals surface area (Å²) in [6.45, 7) is 3.64. The number of nitrogens with two attached hydrogens (primary N) is 1. The van der Waals surface area contributed by atoms with E-state index in [1.807, 2.05) is 13.8 Å². The van der Waals surface area contributed by atoms with Gasteiger partial charge in [0.25, 0.3) is 0 Å². The van der Waals surface area contributed by atoms with Crippen LogP contribution in [0.3, 0.4) is 0 Å². The number of primary sulfonamides is 1. The minimum atomic E-state index is -4.64. The number of benzene rings is 2. The topological polar surface area (TPSA) is 89.3 Å². The number of halogens is 4. The average molecular weight is 447 g/mol. The molecule has 10 heteroatoms. The van der Waals surface area contributed by atoms with Crippen molar-refractivity contribution in [2.75, 3.05) is 5.32 Å². The van der Waals surface area contributed by atoms with E-state index < -0.39 is 44.7 Å². The van der Waals surface area contributed by atoms with E-state index in [-0.39, 0.29) is 15.8 Å². The Balaban J connectivity index is 1.85. The van der Waals surface area contributed by atoms with Crippen LogP contribution in [-0.2, 0) is 21.0 Å². The Morgan fingerprint density at radius 1 is 1.14 bits per heavy atom. The zero-order valence-electron chi connectivity index (χ0n) is 15.4. The van der Waals surface area contributed by atoms with E-state index in [0.29, 0.717) is 5.56 Å². The van der Waals surface area contributed by atoms with Crippen LogP contribution >= 0.6 is 11.6 Å². The predicted molar refractivity (Wildman–Crippen MR) is 103 cm³/mol. The summed E-state index contributed by atoms with van der Waals surface area (Å²) in [6.07, 6.45) is -4.64. The molecule has 29 heavy (non-hydrogen) atoms. The van der Waals surface area contributed by atoms with Crippen LogP contribution < -0.4 is 10.5 Å². The van der Waals surface area contributed by atoms with Crippen LogP contribution in [0.4, 0.5) is 18.9 Å². The van der Waals surface area contributed by atoms with Crippen molar-refractivity contribution >= 4 is 33.2 Å². The highest BCUT2D eigenvalue weighted by Gasteiger charge is 2.62. The predicted octanol–water partition coefficient (Wildman–Crippen LogP) is 4.38. The SMILES string of the molecule is CC1(C)[C@H](C(=O)Nc2cc(Cl)ccc2C(F)(F)F)[C@H]1c1ccc(S(N)(=O)=O)cc1. The average Bonchev–Trinajstić information content (AvgIpc) is 3.15. The molecule has 1 aliphatic carbocycles. The van der Waals surface area contributed by atoms with Gasteiger partial charge in [-0.15, -0.1) is 0 Å². The lowest BCUT2D eigenvalue weighted by Crippen LogP contribution is -2.20. The number of alkyl halides is 3. The monoisotopic (exact) mass is 446 g/mol. The lowest BCUT2D eigenvalue weighted by molar-refractivity contribution is -0.137. The summed E-state index contributed by atoms with van der Waals surface area (Å²) < 4.78 is 62.4. The summed E-state index contributed by atoms with van der Waals surface area (Å²) >= 11 is 5.80. The Labute approximate surface area is 171 Å². The molecule has 2 aromatic rings. The van der Waals surface area contributed by atoms with Crippen LogP contribution in [0.25, 0.3) is 0 Å². The molecule has 0 radical (unpaired) electrons. The van der Waals surface area contributed by atoms with E-state index in [2.05, 4.69) is 5.32 Å². The fourth-order valence-electron chi connectivity index (χ4n) is 3.69. The summed E-state index contributed by atoms with van der Waals surface area (Å²) in [7, 11) is -3.85. The molecule has 1 amide bonds. The lowest BCUT2D eigenvalue weighted by Gasteiger charge is -2.14. The van der Waals surface area contributed by atoms with E-state index in [9.17, 15) is 26.4 Å². The number of sulfonamides is 1. The van der Waals surface area contributed by atoms with Gasteiger partial charge in [-0.25, -0.2) is 13.6 Å². The molecular formula is C19H18ClF3N2O3S. The molecule has 0 spiro atoms. The lowest BCUT2D eigenvalue weighted by atomic mass is 10.0. The van der Waals surface area contributed by atoms with Crippen molar-refractivity contribution in [3.8, 4) is 0 Å². The molecule has 0 unspecified atom stereocenters. The molecule has 0 heterocycles. The summed E-state index contributed by atoms with van der Waals surface area (Å²) in [5, 5.41) is 7.50. The number of nitrogens with one attached hydrogen (secondary N) is 1. The van der Waals surface area contributed by atoms with Gasteiger partial charge in [-0.1, -0.05) is 37.6 Å². The molecule has 0 aromatic heterocycles. The fraction of sp³-hybridized carbons (Fsp3) is 0.316. The van der Waals surface area contributed by atoms with E-state index in [4.69, 9.17) is 16.7 Å². The van der Waals surface area contributed by atoms with E-state index in [1.165, 1.54) is 12.1 Å². The molecular weight excluding hydrogens is 429 g/mol. The maximum absolute atomic E-state index is 13.2. The highest BCUT2D eigenvalue weighted by atomic mass is 35.5.